The van der Waals surface area contributed by atoms with Crippen molar-refractivity contribution in [3.8, 4) is 5.75 Å². The fourth-order valence-electron chi connectivity index (χ4n) is 1.33. The van der Waals surface area contributed by atoms with Gasteiger partial charge in [0.1, 0.15) is 5.75 Å². The monoisotopic (exact) mass is 243 g/mol. The van der Waals surface area contributed by atoms with Crippen molar-refractivity contribution in [3.05, 3.63) is 27.7 Å². The van der Waals surface area contributed by atoms with E-state index < -0.39 is 0 Å². The molecule has 13 heavy (non-hydrogen) atoms. The average molecular weight is 244 g/mol. The number of rotatable bonds is 3. The molecule has 0 atom stereocenters. The molecular weight excluding hydrogens is 230 g/mol. The van der Waals surface area contributed by atoms with E-state index in [1.807, 2.05) is 19.1 Å². The minimum absolute atomic E-state index is 0.399. The van der Waals surface area contributed by atoms with E-state index in [1.54, 1.807) is 0 Å². The highest BCUT2D eigenvalue weighted by molar-refractivity contribution is 9.10. The fourth-order valence-corrected chi connectivity index (χ4v) is 1.89. The van der Waals surface area contributed by atoms with Crippen LogP contribution >= 0.6 is 15.9 Å². The van der Waals surface area contributed by atoms with Crippen LogP contribution in [0.4, 0.5) is 0 Å². The lowest BCUT2D eigenvalue weighted by molar-refractivity contribution is 0.461. The van der Waals surface area contributed by atoms with Gasteiger partial charge >= 0.3 is 0 Å². The van der Waals surface area contributed by atoms with Gasteiger partial charge in [0.25, 0.3) is 0 Å². The number of phenolic OH excluding ortho intramolecular Hbond substituents is 1. The molecule has 0 saturated heterocycles. The molecular formula is C10H14BrNO. The first-order valence-corrected chi connectivity index (χ1v) is 5.18. The molecule has 0 aliphatic heterocycles. The molecule has 0 bridgehead atoms. The van der Waals surface area contributed by atoms with Gasteiger partial charge in [0.05, 0.1) is 0 Å². The minimum atomic E-state index is 0.399. The third kappa shape index (κ3) is 2.45. The summed E-state index contributed by atoms with van der Waals surface area (Å²) < 4.78 is 1.01. The molecule has 1 aromatic rings. The molecule has 72 valence electrons. The van der Waals surface area contributed by atoms with Crippen LogP contribution in [0.25, 0.3) is 0 Å². The van der Waals surface area contributed by atoms with Crippen molar-refractivity contribution in [3.63, 3.8) is 0 Å². The molecule has 0 aliphatic carbocycles. The van der Waals surface area contributed by atoms with Crippen LogP contribution in [0.3, 0.4) is 0 Å². The van der Waals surface area contributed by atoms with Crippen molar-refractivity contribution in [1.82, 2.24) is 0 Å². The largest absolute Gasteiger partial charge is 0.507 e. The molecule has 1 rings (SSSR count). The number of phenols is 1. The third-order valence-corrected chi connectivity index (χ3v) is 2.48. The SMILES string of the molecule is CCc1cc(Br)cc(CCN)c1O. The van der Waals surface area contributed by atoms with Crippen LogP contribution in [-0.2, 0) is 12.8 Å². The summed E-state index contributed by atoms with van der Waals surface area (Å²) in [6, 6.07) is 3.86. The van der Waals surface area contributed by atoms with E-state index >= 15 is 0 Å². The first-order valence-electron chi connectivity index (χ1n) is 4.39. The van der Waals surface area contributed by atoms with Crippen LogP contribution in [0.2, 0.25) is 0 Å². The number of benzene rings is 1. The number of halogens is 1. The Labute approximate surface area is 86.9 Å². The van der Waals surface area contributed by atoms with E-state index in [0.29, 0.717) is 12.3 Å². The Balaban J connectivity index is 3.11. The van der Waals surface area contributed by atoms with Gasteiger partial charge in [-0.3, -0.25) is 0 Å². The lowest BCUT2D eigenvalue weighted by Gasteiger charge is -2.08. The van der Waals surface area contributed by atoms with Gasteiger partial charge in [-0.15, -0.1) is 0 Å². The Kier molecular flexibility index (Phi) is 3.75. The smallest absolute Gasteiger partial charge is 0.122 e. The zero-order valence-corrected chi connectivity index (χ0v) is 9.26. The molecule has 0 aromatic heterocycles. The maximum Gasteiger partial charge on any atom is 0.122 e. The maximum atomic E-state index is 9.77. The van der Waals surface area contributed by atoms with Gasteiger partial charge in [-0.1, -0.05) is 22.9 Å². The molecule has 3 N–H and O–H groups in total. The van der Waals surface area contributed by atoms with E-state index in [0.717, 1.165) is 28.4 Å². The van der Waals surface area contributed by atoms with Crippen LogP contribution in [0.5, 0.6) is 5.75 Å². The van der Waals surface area contributed by atoms with Crippen molar-refractivity contribution >= 4 is 15.9 Å². The second-order valence-electron chi connectivity index (χ2n) is 2.96. The minimum Gasteiger partial charge on any atom is -0.507 e. The predicted molar refractivity (Wildman–Crippen MR) is 57.9 cm³/mol. The summed E-state index contributed by atoms with van der Waals surface area (Å²) in [6.07, 6.45) is 1.56. The second-order valence-corrected chi connectivity index (χ2v) is 3.88. The van der Waals surface area contributed by atoms with Gasteiger partial charge < -0.3 is 10.8 Å². The zero-order chi connectivity index (χ0) is 9.84. The van der Waals surface area contributed by atoms with Gasteiger partial charge in [0.2, 0.25) is 0 Å². The maximum absolute atomic E-state index is 9.77. The van der Waals surface area contributed by atoms with Crippen molar-refractivity contribution in [1.29, 1.82) is 0 Å². The third-order valence-electron chi connectivity index (χ3n) is 2.03. The predicted octanol–water partition coefficient (Wildman–Crippen LogP) is 2.22. The zero-order valence-electron chi connectivity index (χ0n) is 7.68. The van der Waals surface area contributed by atoms with Gasteiger partial charge in [-0.2, -0.15) is 0 Å². The summed E-state index contributed by atoms with van der Waals surface area (Å²) in [5.74, 6) is 0.399. The molecule has 0 saturated carbocycles. The Hall–Kier alpha value is -0.540. The molecule has 0 fully saturated rings. The fraction of sp³-hybridized carbons (Fsp3) is 0.400. The van der Waals surface area contributed by atoms with Crippen LogP contribution < -0.4 is 5.73 Å². The topological polar surface area (TPSA) is 46.2 Å². The van der Waals surface area contributed by atoms with Crippen LogP contribution in [0.1, 0.15) is 18.1 Å². The summed E-state index contributed by atoms with van der Waals surface area (Å²) >= 11 is 3.41. The summed E-state index contributed by atoms with van der Waals surface area (Å²) in [5, 5.41) is 9.77. The number of aromatic hydroxyl groups is 1. The van der Waals surface area contributed by atoms with Gasteiger partial charge in [-0.05, 0) is 42.6 Å². The normalized spacial score (nSPS) is 10.4. The van der Waals surface area contributed by atoms with E-state index in [2.05, 4.69) is 15.9 Å². The summed E-state index contributed by atoms with van der Waals surface area (Å²) in [6.45, 7) is 2.58. The number of hydrogen-bond acceptors (Lipinski definition) is 2. The first kappa shape index (κ1) is 10.5. The van der Waals surface area contributed by atoms with Crippen molar-refractivity contribution in [2.75, 3.05) is 6.54 Å². The van der Waals surface area contributed by atoms with Gasteiger partial charge in [-0.25, -0.2) is 0 Å². The number of aryl methyl sites for hydroxylation is 1. The molecule has 0 unspecified atom stereocenters. The Morgan fingerprint density at radius 2 is 2.00 bits per heavy atom. The molecule has 0 amide bonds. The Bertz CT molecular complexity index is 299. The van der Waals surface area contributed by atoms with Crippen molar-refractivity contribution in [2.45, 2.75) is 19.8 Å². The highest BCUT2D eigenvalue weighted by atomic mass is 79.9. The first-order chi connectivity index (χ1) is 6.19. The summed E-state index contributed by atoms with van der Waals surface area (Å²) in [4.78, 5) is 0. The quantitative estimate of drug-likeness (QED) is 0.856. The van der Waals surface area contributed by atoms with Gasteiger partial charge in [0, 0.05) is 4.47 Å². The molecule has 1 aromatic carbocycles. The van der Waals surface area contributed by atoms with Crippen LogP contribution in [0.15, 0.2) is 16.6 Å². The van der Waals surface area contributed by atoms with Crippen LogP contribution in [-0.4, -0.2) is 11.7 Å². The molecule has 2 nitrogen and oxygen atoms in total. The Morgan fingerprint density at radius 3 is 2.54 bits per heavy atom. The molecule has 0 radical (unpaired) electrons. The molecule has 3 heteroatoms. The lowest BCUT2D eigenvalue weighted by Crippen LogP contribution is -2.03. The molecule has 0 heterocycles. The van der Waals surface area contributed by atoms with Gasteiger partial charge in [0.15, 0.2) is 0 Å². The lowest BCUT2D eigenvalue weighted by atomic mass is 10.0. The Morgan fingerprint density at radius 1 is 1.38 bits per heavy atom. The standard InChI is InChI=1S/C10H14BrNO/c1-2-7-5-9(11)6-8(3-4-12)10(7)13/h5-6,13H,2-4,12H2,1H3. The average Bonchev–Trinajstić information content (AvgIpc) is 2.11. The highest BCUT2D eigenvalue weighted by Crippen LogP contribution is 2.27. The second kappa shape index (κ2) is 4.63. The van der Waals surface area contributed by atoms with Crippen molar-refractivity contribution in [2.24, 2.45) is 5.73 Å². The molecule has 0 aliphatic rings. The van der Waals surface area contributed by atoms with E-state index in [1.165, 1.54) is 0 Å². The van der Waals surface area contributed by atoms with E-state index in [4.69, 9.17) is 5.73 Å². The van der Waals surface area contributed by atoms with Crippen LogP contribution in [0, 0.1) is 0 Å². The van der Waals surface area contributed by atoms with E-state index in [9.17, 15) is 5.11 Å². The van der Waals surface area contributed by atoms with E-state index in [-0.39, 0.29) is 0 Å². The van der Waals surface area contributed by atoms with Crippen molar-refractivity contribution < 1.29 is 5.11 Å². The highest BCUT2D eigenvalue weighted by Gasteiger charge is 2.06. The number of hydrogen-bond donors (Lipinski definition) is 2. The summed E-state index contributed by atoms with van der Waals surface area (Å²) in [7, 11) is 0. The summed E-state index contributed by atoms with van der Waals surface area (Å²) in [5.41, 5.74) is 7.34. The molecule has 0 spiro atoms. The number of nitrogens with two attached hydrogens (primary N) is 1.